The summed E-state index contributed by atoms with van der Waals surface area (Å²) in [5.41, 5.74) is 4.24. The van der Waals surface area contributed by atoms with Gasteiger partial charge in [0.25, 0.3) is 0 Å². The maximum absolute atomic E-state index is 8.86. The molecule has 0 bridgehead atoms. The molecule has 0 unspecified atom stereocenters. The minimum Gasteiger partial charge on any atom is -0.347 e. The molecule has 0 atom stereocenters. The van der Waals surface area contributed by atoms with Gasteiger partial charge in [-0.3, -0.25) is 0 Å². The van der Waals surface area contributed by atoms with E-state index in [1.54, 1.807) is 6.08 Å². The smallest absolute Gasteiger partial charge is 0.0991 e. The third-order valence-electron chi connectivity index (χ3n) is 2.70. The quantitative estimate of drug-likeness (QED) is 0.544. The first kappa shape index (κ1) is 11.3. The van der Waals surface area contributed by atoms with Crippen LogP contribution >= 0.6 is 0 Å². The van der Waals surface area contributed by atoms with Gasteiger partial charge in [0.15, 0.2) is 0 Å². The number of hydrogen-bond acceptors (Lipinski definition) is 1. The molecule has 1 aromatic rings. The molecule has 0 aromatic carbocycles. The Bertz CT molecular complexity index is 442. The molecule has 15 heavy (non-hydrogen) atoms. The van der Waals surface area contributed by atoms with Crippen molar-refractivity contribution in [1.82, 2.24) is 4.57 Å². The van der Waals surface area contributed by atoms with Gasteiger partial charge in [-0.25, -0.2) is 0 Å². The predicted octanol–water partition coefficient (Wildman–Crippen LogP) is 3.13. The third-order valence-corrected chi connectivity index (χ3v) is 2.70. The lowest BCUT2D eigenvalue weighted by molar-refractivity contribution is 0.757. The lowest BCUT2D eigenvalue weighted by Gasteiger charge is -2.07. The molecule has 2 heteroatoms. The van der Waals surface area contributed by atoms with Crippen molar-refractivity contribution < 1.29 is 0 Å². The second kappa shape index (κ2) is 4.65. The fourth-order valence-corrected chi connectivity index (χ4v) is 1.49. The van der Waals surface area contributed by atoms with E-state index in [-0.39, 0.29) is 0 Å². The maximum atomic E-state index is 8.86. The van der Waals surface area contributed by atoms with Crippen LogP contribution in [0.1, 0.15) is 18.2 Å². The third kappa shape index (κ3) is 2.38. The van der Waals surface area contributed by atoms with E-state index in [2.05, 4.69) is 37.1 Å². The topological polar surface area (TPSA) is 28.7 Å². The maximum Gasteiger partial charge on any atom is 0.0991 e. The standard InChI is InChI=1S/C13H16N2/c1-5-13(8-14)11(3)9-15-7-6-10(2)12(15)4/h5-7H,1,9H2,2-4H3. The number of nitriles is 1. The van der Waals surface area contributed by atoms with Gasteiger partial charge >= 0.3 is 0 Å². The van der Waals surface area contributed by atoms with E-state index >= 15 is 0 Å². The molecule has 0 aliphatic heterocycles. The van der Waals surface area contributed by atoms with Crippen molar-refractivity contribution in [3.05, 3.63) is 47.3 Å². The number of rotatable bonds is 3. The lowest BCUT2D eigenvalue weighted by atomic mass is 10.1. The Morgan fingerprint density at radius 1 is 1.60 bits per heavy atom. The van der Waals surface area contributed by atoms with Crippen LogP contribution in [-0.4, -0.2) is 4.57 Å². The molecular formula is C13H16N2. The first-order chi connectivity index (χ1) is 7.10. The molecule has 1 rings (SSSR count). The Morgan fingerprint density at radius 2 is 2.27 bits per heavy atom. The van der Waals surface area contributed by atoms with Gasteiger partial charge in [-0.2, -0.15) is 5.26 Å². The number of nitrogens with zero attached hydrogens (tertiary/aromatic N) is 2. The summed E-state index contributed by atoms with van der Waals surface area (Å²) in [6.07, 6.45) is 3.66. The van der Waals surface area contributed by atoms with Crippen molar-refractivity contribution in [2.24, 2.45) is 0 Å². The van der Waals surface area contributed by atoms with E-state index in [1.807, 2.05) is 13.1 Å². The number of aromatic nitrogens is 1. The molecule has 0 spiro atoms. The molecule has 0 amide bonds. The SMILES string of the molecule is C=CC(C#N)=C(C)Cn1ccc(C)c1C. The molecule has 0 N–H and O–H groups in total. The number of allylic oxidation sites excluding steroid dienone is 3. The van der Waals surface area contributed by atoms with E-state index in [1.165, 1.54) is 11.3 Å². The summed E-state index contributed by atoms with van der Waals surface area (Å²) < 4.78 is 2.14. The van der Waals surface area contributed by atoms with E-state index in [0.29, 0.717) is 5.57 Å². The molecule has 0 aliphatic carbocycles. The van der Waals surface area contributed by atoms with Crippen LogP contribution in [0.25, 0.3) is 0 Å². The molecule has 0 aliphatic rings. The van der Waals surface area contributed by atoms with Crippen LogP contribution in [0.15, 0.2) is 36.1 Å². The molecule has 2 nitrogen and oxygen atoms in total. The average Bonchev–Trinajstić information content (AvgIpc) is 2.52. The van der Waals surface area contributed by atoms with Crippen molar-refractivity contribution >= 4 is 0 Å². The van der Waals surface area contributed by atoms with Gasteiger partial charge in [-0.15, -0.1) is 0 Å². The summed E-state index contributed by atoms with van der Waals surface area (Å²) in [6.45, 7) is 10.5. The molecule has 0 fully saturated rings. The van der Waals surface area contributed by atoms with E-state index in [9.17, 15) is 0 Å². The second-order valence-corrected chi connectivity index (χ2v) is 3.72. The van der Waals surface area contributed by atoms with Crippen LogP contribution in [0.2, 0.25) is 0 Å². The van der Waals surface area contributed by atoms with Crippen molar-refractivity contribution in [3.63, 3.8) is 0 Å². The summed E-state index contributed by atoms with van der Waals surface area (Å²) in [4.78, 5) is 0. The summed E-state index contributed by atoms with van der Waals surface area (Å²) in [5, 5.41) is 8.86. The van der Waals surface area contributed by atoms with E-state index in [4.69, 9.17) is 5.26 Å². The Morgan fingerprint density at radius 3 is 2.67 bits per heavy atom. The van der Waals surface area contributed by atoms with Crippen molar-refractivity contribution in [3.8, 4) is 6.07 Å². The van der Waals surface area contributed by atoms with Crippen molar-refractivity contribution in [2.45, 2.75) is 27.3 Å². The lowest BCUT2D eigenvalue weighted by Crippen LogP contribution is -2.01. The minimum absolute atomic E-state index is 0.667. The summed E-state index contributed by atoms with van der Waals surface area (Å²) in [7, 11) is 0. The van der Waals surface area contributed by atoms with Crippen molar-refractivity contribution in [1.29, 1.82) is 5.26 Å². The highest BCUT2D eigenvalue weighted by molar-refractivity contribution is 5.36. The fourth-order valence-electron chi connectivity index (χ4n) is 1.49. The zero-order chi connectivity index (χ0) is 11.4. The Kier molecular flexibility index (Phi) is 3.51. The van der Waals surface area contributed by atoms with Crippen LogP contribution in [0.3, 0.4) is 0 Å². The molecule has 78 valence electrons. The van der Waals surface area contributed by atoms with Crippen LogP contribution in [0, 0.1) is 25.2 Å². The Balaban J connectivity index is 2.97. The average molecular weight is 200 g/mol. The number of aryl methyl sites for hydroxylation is 1. The summed E-state index contributed by atoms with van der Waals surface area (Å²) >= 11 is 0. The summed E-state index contributed by atoms with van der Waals surface area (Å²) in [6, 6.07) is 4.23. The highest BCUT2D eigenvalue weighted by Gasteiger charge is 2.03. The number of hydrogen-bond donors (Lipinski definition) is 0. The van der Waals surface area contributed by atoms with Gasteiger partial charge in [0.1, 0.15) is 0 Å². The normalized spacial score (nSPS) is 11.9. The Labute approximate surface area is 91.1 Å². The van der Waals surface area contributed by atoms with E-state index < -0.39 is 0 Å². The molecular weight excluding hydrogens is 184 g/mol. The van der Waals surface area contributed by atoms with Crippen LogP contribution in [-0.2, 0) is 6.54 Å². The summed E-state index contributed by atoms with van der Waals surface area (Å²) in [5.74, 6) is 0. The second-order valence-electron chi connectivity index (χ2n) is 3.72. The molecule has 0 saturated carbocycles. The first-order valence-corrected chi connectivity index (χ1v) is 4.94. The molecule has 1 heterocycles. The van der Waals surface area contributed by atoms with Gasteiger partial charge in [-0.1, -0.05) is 12.7 Å². The van der Waals surface area contributed by atoms with Gasteiger partial charge in [0.05, 0.1) is 11.6 Å². The van der Waals surface area contributed by atoms with Gasteiger partial charge < -0.3 is 4.57 Å². The monoisotopic (exact) mass is 200 g/mol. The molecule has 0 saturated heterocycles. The van der Waals surface area contributed by atoms with Crippen molar-refractivity contribution in [2.75, 3.05) is 0 Å². The largest absolute Gasteiger partial charge is 0.347 e. The van der Waals surface area contributed by atoms with E-state index in [0.717, 1.165) is 12.1 Å². The Hall–Kier alpha value is -1.75. The fraction of sp³-hybridized carbons (Fsp3) is 0.308. The van der Waals surface area contributed by atoms with Gasteiger partial charge in [0.2, 0.25) is 0 Å². The van der Waals surface area contributed by atoms with Gasteiger partial charge in [0, 0.05) is 18.4 Å². The minimum atomic E-state index is 0.667. The van der Waals surface area contributed by atoms with Gasteiger partial charge in [-0.05, 0) is 38.0 Å². The van der Waals surface area contributed by atoms with Crippen LogP contribution < -0.4 is 0 Å². The van der Waals surface area contributed by atoms with Crippen LogP contribution in [0.4, 0.5) is 0 Å². The zero-order valence-corrected chi connectivity index (χ0v) is 9.54. The van der Waals surface area contributed by atoms with Crippen LogP contribution in [0.5, 0.6) is 0 Å². The molecule has 1 aromatic heterocycles. The highest BCUT2D eigenvalue weighted by Crippen LogP contribution is 2.13. The molecule has 0 radical (unpaired) electrons. The zero-order valence-electron chi connectivity index (χ0n) is 9.54. The first-order valence-electron chi connectivity index (χ1n) is 4.94. The predicted molar refractivity (Wildman–Crippen MR) is 62.4 cm³/mol. The highest BCUT2D eigenvalue weighted by atomic mass is 15.0.